The lowest BCUT2D eigenvalue weighted by Crippen LogP contribution is -2.07. The molecule has 0 amide bonds. The topological polar surface area (TPSA) is 21.3 Å². The van der Waals surface area contributed by atoms with Crippen LogP contribution in [0.1, 0.15) is 18.5 Å². The second-order valence-corrected chi connectivity index (χ2v) is 5.11. The van der Waals surface area contributed by atoms with Crippen molar-refractivity contribution in [1.82, 2.24) is 0 Å². The number of halogens is 2. The molecule has 0 saturated carbocycles. The highest BCUT2D eigenvalue weighted by Crippen LogP contribution is 2.29. The summed E-state index contributed by atoms with van der Waals surface area (Å²) < 4.78 is 5.22. The molecule has 19 heavy (non-hydrogen) atoms. The maximum atomic E-state index is 6.14. The van der Waals surface area contributed by atoms with Crippen LogP contribution in [0.5, 0.6) is 5.75 Å². The zero-order valence-electron chi connectivity index (χ0n) is 10.8. The fourth-order valence-electron chi connectivity index (χ4n) is 1.84. The normalized spacial score (nSPS) is 12.0. The molecule has 0 aromatic heterocycles. The molecule has 1 unspecified atom stereocenters. The number of hydrogen-bond donors (Lipinski definition) is 1. The Morgan fingerprint density at radius 3 is 2.63 bits per heavy atom. The van der Waals surface area contributed by atoms with E-state index >= 15 is 0 Å². The van der Waals surface area contributed by atoms with Gasteiger partial charge >= 0.3 is 0 Å². The first kappa shape index (κ1) is 14.0. The summed E-state index contributed by atoms with van der Waals surface area (Å²) in [4.78, 5) is 0. The largest absolute Gasteiger partial charge is 0.497 e. The number of nitrogens with one attached hydrogen (secondary N) is 1. The number of rotatable bonds is 4. The van der Waals surface area contributed by atoms with Crippen LogP contribution in [-0.2, 0) is 0 Å². The second kappa shape index (κ2) is 6.18. The summed E-state index contributed by atoms with van der Waals surface area (Å²) >= 11 is 12.1. The Hall–Kier alpha value is -1.38. The third-order valence-corrected chi connectivity index (χ3v) is 3.46. The lowest BCUT2D eigenvalue weighted by atomic mass is 10.1. The first-order chi connectivity index (χ1) is 9.10. The van der Waals surface area contributed by atoms with Gasteiger partial charge in [-0.2, -0.15) is 0 Å². The van der Waals surface area contributed by atoms with E-state index in [1.165, 1.54) is 0 Å². The summed E-state index contributed by atoms with van der Waals surface area (Å²) in [5.74, 6) is 0.836. The van der Waals surface area contributed by atoms with Crippen molar-refractivity contribution in [2.45, 2.75) is 13.0 Å². The van der Waals surface area contributed by atoms with Crippen LogP contribution in [0.25, 0.3) is 0 Å². The zero-order chi connectivity index (χ0) is 13.8. The summed E-state index contributed by atoms with van der Waals surface area (Å²) in [6.07, 6.45) is 0. The minimum Gasteiger partial charge on any atom is -0.497 e. The molecule has 0 aliphatic carbocycles. The molecular weight excluding hydrogens is 281 g/mol. The minimum absolute atomic E-state index is 0.103. The van der Waals surface area contributed by atoms with Crippen molar-refractivity contribution >= 4 is 28.9 Å². The Morgan fingerprint density at radius 2 is 1.89 bits per heavy atom. The van der Waals surface area contributed by atoms with Crippen LogP contribution in [0.4, 0.5) is 5.69 Å². The molecule has 0 aliphatic rings. The van der Waals surface area contributed by atoms with E-state index in [-0.39, 0.29) is 6.04 Å². The van der Waals surface area contributed by atoms with Crippen molar-refractivity contribution in [2.24, 2.45) is 0 Å². The van der Waals surface area contributed by atoms with E-state index in [4.69, 9.17) is 27.9 Å². The molecule has 0 fully saturated rings. The molecule has 2 rings (SSSR count). The molecule has 0 spiro atoms. The van der Waals surface area contributed by atoms with Gasteiger partial charge in [0.25, 0.3) is 0 Å². The standard InChI is InChI=1S/C15H15Cl2NO/c1-10(11-4-3-5-13(8-11)19-2)18-15-9-12(16)6-7-14(15)17/h3-10,18H,1-2H3. The molecule has 0 saturated heterocycles. The van der Waals surface area contributed by atoms with Crippen LogP contribution in [0, 0.1) is 0 Å². The number of hydrogen-bond acceptors (Lipinski definition) is 2. The molecule has 100 valence electrons. The summed E-state index contributed by atoms with van der Waals surface area (Å²) in [5, 5.41) is 4.66. The molecular formula is C15H15Cl2NO. The van der Waals surface area contributed by atoms with Crippen molar-refractivity contribution in [3.63, 3.8) is 0 Å². The summed E-state index contributed by atoms with van der Waals surface area (Å²) in [5.41, 5.74) is 1.94. The summed E-state index contributed by atoms with van der Waals surface area (Å²) in [6, 6.07) is 13.4. The smallest absolute Gasteiger partial charge is 0.119 e. The molecule has 0 heterocycles. The number of anilines is 1. The fraction of sp³-hybridized carbons (Fsp3) is 0.200. The minimum atomic E-state index is 0.103. The van der Waals surface area contributed by atoms with Crippen LogP contribution in [0.3, 0.4) is 0 Å². The van der Waals surface area contributed by atoms with Crippen LogP contribution in [0.15, 0.2) is 42.5 Å². The Labute approximate surface area is 123 Å². The average Bonchev–Trinajstić information content (AvgIpc) is 2.43. The maximum absolute atomic E-state index is 6.14. The van der Waals surface area contributed by atoms with E-state index < -0.39 is 0 Å². The monoisotopic (exact) mass is 295 g/mol. The quantitative estimate of drug-likeness (QED) is 0.839. The van der Waals surface area contributed by atoms with Gasteiger partial charge in [-0.25, -0.2) is 0 Å². The lowest BCUT2D eigenvalue weighted by molar-refractivity contribution is 0.414. The van der Waals surface area contributed by atoms with Gasteiger partial charge in [-0.1, -0.05) is 35.3 Å². The third-order valence-electron chi connectivity index (χ3n) is 2.89. The maximum Gasteiger partial charge on any atom is 0.119 e. The van der Waals surface area contributed by atoms with E-state index in [0.717, 1.165) is 17.0 Å². The molecule has 1 atom stereocenters. The van der Waals surface area contributed by atoms with E-state index in [9.17, 15) is 0 Å². The van der Waals surface area contributed by atoms with Gasteiger partial charge in [-0.15, -0.1) is 0 Å². The molecule has 0 aliphatic heterocycles. The van der Waals surface area contributed by atoms with Gasteiger partial charge in [0, 0.05) is 11.1 Å². The highest BCUT2D eigenvalue weighted by atomic mass is 35.5. The first-order valence-corrected chi connectivity index (χ1v) is 6.71. The van der Waals surface area contributed by atoms with Crippen molar-refractivity contribution in [1.29, 1.82) is 0 Å². The van der Waals surface area contributed by atoms with Gasteiger partial charge in [-0.05, 0) is 42.8 Å². The number of benzene rings is 2. The van der Waals surface area contributed by atoms with E-state index in [1.807, 2.05) is 30.3 Å². The number of methoxy groups -OCH3 is 1. The van der Waals surface area contributed by atoms with Crippen molar-refractivity contribution in [2.75, 3.05) is 12.4 Å². The Balaban J connectivity index is 2.20. The third kappa shape index (κ3) is 3.55. The molecule has 2 aromatic rings. The van der Waals surface area contributed by atoms with Crippen LogP contribution in [-0.4, -0.2) is 7.11 Å². The fourth-order valence-corrected chi connectivity index (χ4v) is 2.18. The van der Waals surface area contributed by atoms with Gasteiger partial charge in [0.1, 0.15) is 5.75 Å². The van der Waals surface area contributed by atoms with Crippen molar-refractivity contribution in [3.05, 3.63) is 58.1 Å². The molecule has 2 nitrogen and oxygen atoms in total. The van der Waals surface area contributed by atoms with Crippen LogP contribution >= 0.6 is 23.2 Å². The molecule has 1 N–H and O–H groups in total. The van der Waals surface area contributed by atoms with Gasteiger partial charge < -0.3 is 10.1 Å². The predicted molar refractivity (Wildman–Crippen MR) is 81.5 cm³/mol. The number of ether oxygens (including phenoxy) is 1. The summed E-state index contributed by atoms with van der Waals surface area (Å²) in [6.45, 7) is 2.06. The van der Waals surface area contributed by atoms with Gasteiger partial charge in [0.2, 0.25) is 0 Å². The highest BCUT2D eigenvalue weighted by molar-refractivity contribution is 6.35. The highest BCUT2D eigenvalue weighted by Gasteiger charge is 2.09. The van der Waals surface area contributed by atoms with E-state index in [2.05, 4.69) is 12.2 Å². The van der Waals surface area contributed by atoms with Crippen molar-refractivity contribution in [3.8, 4) is 5.75 Å². The van der Waals surface area contributed by atoms with Crippen LogP contribution in [0.2, 0.25) is 10.0 Å². The Kier molecular flexibility index (Phi) is 4.56. The Bertz CT molecular complexity index is 572. The van der Waals surface area contributed by atoms with Crippen LogP contribution < -0.4 is 10.1 Å². The van der Waals surface area contributed by atoms with Gasteiger partial charge in [-0.3, -0.25) is 0 Å². The summed E-state index contributed by atoms with van der Waals surface area (Å²) in [7, 11) is 1.66. The lowest BCUT2D eigenvalue weighted by Gasteiger charge is -2.17. The SMILES string of the molecule is COc1cccc(C(C)Nc2cc(Cl)ccc2Cl)c1. The van der Waals surface area contributed by atoms with Gasteiger partial charge in [0.05, 0.1) is 17.8 Å². The van der Waals surface area contributed by atoms with E-state index in [0.29, 0.717) is 10.0 Å². The molecule has 2 aromatic carbocycles. The zero-order valence-corrected chi connectivity index (χ0v) is 12.3. The molecule has 4 heteroatoms. The van der Waals surface area contributed by atoms with Crippen molar-refractivity contribution < 1.29 is 4.74 Å². The average molecular weight is 296 g/mol. The van der Waals surface area contributed by atoms with E-state index in [1.54, 1.807) is 19.2 Å². The Morgan fingerprint density at radius 1 is 1.11 bits per heavy atom. The predicted octanol–water partition coefficient (Wildman–Crippen LogP) is 5.18. The molecule has 0 radical (unpaired) electrons. The first-order valence-electron chi connectivity index (χ1n) is 5.95. The second-order valence-electron chi connectivity index (χ2n) is 4.27. The van der Waals surface area contributed by atoms with Gasteiger partial charge in [0.15, 0.2) is 0 Å². The molecule has 0 bridgehead atoms.